The summed E-state index contributed by atoms with van der Waals surface area (Å²) in [6.07, 6.45) is 4.07. The van der Waals surface area contributed by atoms with Gasteiger partial charge >= 0.3 is 0 Å². The van der Waals surface area contributed by atoms with Crippen LogP contribution in [0, 0.1) is 5.92 Å². The van der Waals surface area contributed by atoms with E-state index in [0.717, 1.165) is 30.9 Å². The highest BCUT2D eigenvalue weighted by Gasteiger charge is 2.42. The molecule has 2 fully saturated rings. The Morgan fingerprint density at radius 2 is 2.15 bits per heavy atom. The molecule has 3 rings (SSSR count). The smallest absolute Gasteiger partial charge is 0.119 e. The van der Waals surface area contributed by atoms with Crippen LogP contribution in [0.4, 0.5) is 0 Å². The van der Waals surface area contributed by atoms with Crippen molar-refractivity contribution < 1.29 is 4.74 Å². The van der Waals surface area contributed by atoms with Crippen molar-refractivity contribution in [3.63, 3.8) is 0 Å². The van der Waals surface area contributed by atoms with E-state index in [1.807, 2.05) is 6.92 Å². The Kier molecular flexibility index (Phi) is 4.27. The molecule has 1 saturated heterocycles. The fourth-order valence-electron chi connectivity index (χ4n) is 3.59. The van der Waals surface area contributed by atoms with Crippen molar-refractivity contribution in [2.24, 2.45) is 5.92 Å². The number of likely N-dealkylation sites (tertiary alicyclic amines) is 1. The summed E-state index contributed by atoms with van der Waals surface area (Å²) in [5.74, 6) is 1.73. The molecule has 2 unspecified atom stereocenters. The summed E-state index contributed by atoms with van der Waals surface area (Å²) < 4.78 is 5.68. The molecule has 2 aliphatic rings. The van der Waals surface area contributed by atoms with E-state index in [0.29, 0.717) is 6.04 Å². The van der Waals surface area contributed by atoms with E-state index in [2.05, 4.69) is 41.5 Å². The average Bonchev–Trinajstić information content (AvgIpc) is 3.21. The van der Waals surface area contributed by atoms with E-state index in [1.54, 1.807) is 0 Å². The van der Waals surface area contributed by atoms with Gasteiger partial charge in [0.2, 0.25) is 0 Å². The Morgan fingerprint density at radius 1 is 1.30 bits per heavy atom. The molecular formula is C17H26N2O. The zero-order valence-electron chi connectivity index (χ0n) is 12.6. The van der Waals surface area contributed by atoms with Crippen LogP contribution < -0.4 is 10.1 Å². The SMILES string of the molecule is CCOc1cccc(C2C(CNC)CCN2C2CC2)c1. The van der Waals surface area contributed by atoms with Gasteiger partial charge in [0, 0.05) is 12.1 Å². The normalized spacial score (nSPS) is 26.9. The van der Waals surface area contributed by atoms with Crippen molar-refractivity contribution in [1.29, 1.82) is 0 Å². The summed E-state index contributed by atoms with van der Waals surface area (Å²) in [4.78, 5) is 2.73. The van der Waals surface area contributed by atoms with Gasteiger partial charge in [0.1, 0.15) is 5.75 Å². The fraction of sp³-hybridized carbons (Fsp3) is 0.647. The molecule has 1 aromatic carbocycles. The van der Waals surface area contributed by atoms with Crippen LogP contribution >= 0.6 is 0 Å². The van der Waals surface area contributed by atoms with Crippen LogP contribution in [0.3, 0.4) is 0 Å². The molecule has 20 heavy (non-hydrogen) atoms. The van der Waals surface area contributed by atoms with Crippen LogP contribution in [0.2, 0.25) is 0 Å². The maximum absolute atomic E-state index is 5.68. The van der Waals surface area contributed by atoms with Crippen molar-refractivity contribution in [1.82, 2.24) is 10.2 Å². The van der Waals surface area contributed by atoms with Gasteiger partial charge in [-0.15, -0.1) is 0 Å². The van der Waals surface area contributed by atoms with Crippen LogP contribution in [-0.2, 0) is 0 Å². The van der Waals surface area contributed by atoms with Crippen molar-refractivity contribution in [3.8, 4) is 5.75 Å². The molecule has 110 valence electrons. The number of hydrogen-bond donors (Lipinski definition) is 1. The van der Waals surface area contributed by atoms with Crippen molar-refractivity contribution in [2.75, 3.05) is 26.7 Å². The average molecular weight is 274 g/mol. The van der Waals surface area contributed by atoms with E-state index in [1.165, 1.54) is 31.4 Å². The summed E-state index contributed by atoms with van der Waals surface area (Å²) in [5.41, 5.74) is 1.43. The lowest BCUT2D eigenvalue weighted by atomic mass is 9.93. The molecule has 0 aromatic heterocycles. The molecule has 1 saturated carbocycles. The van der Waals surface area contributed by atoms with Crippen molar-refractivity contribution >= 4 is 0 Å². The second-order valence-corrected chi connectivity index (χ2v) is 6.03. The number of nitrogens with zero attached hydrogens (tertiary/aromatic N) is 1. The summed E-state index contributed by atoms with van der Waals surface area (Å²) in [7, 11) is 2.06. The molecule has 1 aliphatic carbocycles. The number of hydrogen-bond acceptors (Lipinski definition) is 3. The number of ether oxygens (including phenoxy) is 1. The van der Waals surface area contributed by atoms with Gasteiger partial charge in [0.05, 0.1) is 6.61 Å². The first-order valence-electron chi connectivity index (χ1n) is 7.96. The summed E-state index contributed by atoms with van der Waals surface area (Å²) >= 11 is 0. The van der Waals surface area contributed by atoms with Gasteiger partial charge < -0.3 is 10.1 Å². The zero-order valence-corrected chi connectivity index (χ0v) is 12.6. The lowest BCUT2D eigenvalue weighted by Crippen LogP contribution is -2.30. The van der Waals surface area contributed by atoms with Crippen molar-refractivity contribution in [2.45, 2.75) is 38.3 Å². The molecule has 0 amide bonds. The molecule has 1 aliphatic heterocycles. The third-order valence-corrected chi connectivity index (χ3v) is 4.55. The largest absolute Gasteiger partial charge is 0.494 e. The monoisotopic (exact) mass is 274 g/mol. The minimum atomic E-state index is 0.565. The van der Waals surface area contributed by atoms with E-state index in [4.69, 9.17) is 4.74 Å². The number of nitrogens with one attached hydrogen (secondary N) is 1. The first kappa shape index (κ1) is 13.9. The first-order valence-corrected chi connectivity index (χ1v) is 7.96. The van der Waals surface area contributed by atoms with E-state index < -0.39 is 0 Å². The van der Waals surface area contributed by atoms with E-state index in [-0.39, 0.29) is 0 Å². The van der Waals surface area contributed by atoms with Crippen LogP contribution in [-0.4, -0.2) is 37.7 Å². The third kappa shape index (κ3) is 2.84. The summed E-state index contributed by atoms with van der Waals surface area (Å²) in [5, 5.41) is 3.37. The van der Waals surface area contributed by atoms with Gasteiger partial charge in [0.25, 0.3) is 0 Å². The molecule has 3 nitrogen and oxygen atoms in total. The van der Waals surface area contributed by atoms with Crippen LogP contribution in [0.1, 0.15) is 37.8 Å². The van der Waals surface area contributed by atoms with Gasteiger partial charge in [-0.1, -0.05) is 12.1 Å². The van der Waals surface area contributed by atoms with Crippen LogP contribution in [0.25, 0.3) is 0 Å². The zero-order chi connectivity index (χ0) is 13.9. The van der Waals surface area contributed by atoms with Gasteiger partial charge in [-0.05, 0) is 69.9 Å². The van der Waals surface area contributed by atoms with Gasteiger partial charge in [0.15, 0.2) is 0 Å². The Bertz CT molecular complexity index is 444. The van der Waals surface area contributed by atoms with Crippen molar-refractivity contribution in [3.05, 3.63) is 29.8 Å². The minimum absolute atomic E-state index is 0.565. The molecule has 1 aromatic rings. The summed E-state index contributed by atoms with van der Waals surface area (Å²) in [6, 6.07) is 10.1. The molecule has 1 N–H and O–H groups in total. The molecule has 3 heteroatoms. The van der Waals surface area contributed by atoms with E-state index in [9.17, 15) is 0 Å². The Morgan fingerprint density at radius 3 is 2.85 bits per heavy atom. The molecule has 0 radical (unpaired) electrons. The van der Waals surface area contributed by atoms with Crippen LogP contribution in [0.5, 0.6) is 5.75 Å². The highest BCUT2D eigenvalue weighted by atomic mass is 16.5. The minimum Gasteiger partial charge on any atom is -0.494 e. The standard InChI is InChI=1S/C17H26N2O/c1-3-20-16-6-4-5-13(11-16)17-14(12-18-2)9-10-19(17)15-7-8-15/h4-6,11,14-15,17-18H,3,7-10,12H2,1-2H3. The maximum Gasteiger partial charge on any atom is 0.119 e. The molecule has 0 spiro atoms. The Balaban J connectivity index is 1.84. The molecule has 1 heterocycles. The predicted octanol–water partition coefficient (Wildman–Crippen LogP) is 2.83. The van der Waals surface area contributed by atoms with Crippen LogP contribution in [0.15, 0.2) is 24.3 Å². The first-order chi connectivity index (χ1) is 9.83. The quantitative estimate of drug-likeness (QED) is 0.863. The Labute approximate surface area is 122 Å². The highest BCUT2D eigenvalue weighted by molar-refractivity contribution is 5.32. The topological polar surface area (TPSA) is 24.5 Å². The second kappa shape index (κ2) is 6.15. The third-order valence-electron chi connectivity index (χ3n) is 4.55. The van der Waals surface area contributed by atoms with Gasteiger partial charge in [-0.3, -0.25) is 4.90 Å². The summed E-state index contributed by atoms with van der Waals surface area (Å²) in [6.45, 7) is 5.14. The molecule has 2 atom stereocenters. The predicted molar refractivity (Wildman–Crippen MR) is 82.1 cm³/mol. The fourth-order valence-corrected chi connectivity index (χ4v) is 3.59. The Hall–Kier alpha value is -1.06. The van der Waals surface area contributed by atoms with Gasteiger partial charge in [-0.2, -0.15) is 0 Å². The number of rotatable bonds is 6. The van der Waals surface area contributed by atoms with Gasteiger partial charge in [-0.25, -0.2) is 0 Å². The highest BCUT2D eigenvalue weighted by Crippen LogP contribution is 2.44. The molecule has 0 bridgehead atoms. The second-order valence-electron chi connectivity index (χ2n) is 6.03. The number of benzene rings is 1. The maximum atomic E-state index is 5.68. The molecular weight excluding hydrogens is 248 g/mol. The van der Waals surface area contributed by atoms with E-state index >= 15 is 0 Å². The lowest BCUT2D eigenvalue weighted by Gasteiger charge is -2.29. The lowest BCUT2D eigenvalue weighted by molar-refractivity contribution is 0.216.